The molecule has 0 amide bonds. The van der Waals surface area contributed by atoms with Crippen molar-refractivity contribution >= 4 is 21.6 Å². The number of benzene rings is 1. The quantitative estimate of drug-likeness (QED) is 0.736. The predicted molar refractivity (Wildman–Crippen MR) is 85.3 cm³/mol. The number of rotatable bonds is 1. The van der Waals surface area contributed by atoms with Crippen LogP contribution < -0.4 is 5.32 Å². The van der Waals surface area contributed by atoms with E-state index in [1.807, 2.05) is 0 Å². The van der Waals surface area contributed by atoms with Gasteiger partial charge in [-0.1, -0.05) is 30.3 Å². The number of nitrogens with one attached hydrogen (secondary N) is 1. The second kappa shape index (κ2) is 5.00. The summed E-state index contributed by atoms with van der Waals surface area (Å²) >= 11 is 1.74. The summed E-state index contributed by atoms with van der Waals surface area (Å²) in [6.45, 7) is 2.08. The Labute approximate surface area is 122 Å². The van der Waals surface area contributed by atoms with Crippen LogP contribution in [0.25, 0.3) is 21.3 Å². The molecule has 0 aliphatic carbocycles. The van der Waals surface area contributed by atoms with Gasteiger partial charge in [0.15, 0.2) is 0 Å². The zero-order chi connectivity index (χ0) is 13.4. The summed E-state index contributed by atoms with van der Waals surface area (Å²) in [5.41, 5.74) is 5.43. The molecule has 0 atom stereocenters. The SMILES string of the molecule is c1ccc(-c2c3c(nc4sccc24)CCNCC3)cc1. The maximum absolute atomic E-state index is 4.90. The van der Waals surface area contributed by atoms with Gasteiger partial charge in [0.05, 0.1) is 0 Å². The number of pyridine rings is 1. The van der Waals surface area contributed by atoms with Crippen molar-refractivity contribution in [2.75, 3.05) is 13.1 Å². The van der Waals surface area contributed by atoms with E-state index in [4.69, 9.17) is 4.98 Å². The summed E-state index contributed by atoms with van der Waals surface area (Å²) in [7, 11) is 0. The molecule has 0 unspecified atom stereocenters. The molecule has 2 aromatic heterocycles. The minimum Gasteiger partial charge on any atom is -0.316 e. The van der Waals surface area contributed by atoms with Crippen LogP contribution in [0.4, 0.5) is 0 Å². The predicted octanol–water partition coefficient (Wildman–Crippen LogP) is 3.65. The molecule has 1 aromatic carbocycles. The van der Waals surface area contributed by atoms with Crippen molar-refractivity contribution in [3.05, 3.63) is 53.0 Å². The molecule has 3 heteroatoms. The highest BCUT2D eigenvalue weighted by Crippen LogP contribution is 2.36. The Morgan fingerprint density at radius 2 is 1.85 bits per heavy atom. The molecule has 1 aliphatic rings. The van der Waals surface area contributed by atoms with Crippen LogP contribution in [0.1, 0.15) is 11.3 Å². The van der Waals surface area contributed by atoms with Gasteiger partial charge in [0.1, 0.15) is 4.83 Å². The third-order valence-corrected chi connectivity index (χ3v) is 4.76. The lowest BCUT2D eigenvalue weighted by molar-refractivity contribution is 0.709. The highest BCUT2D eigenvalue weighted by molar-refractivity contribution is 7.16. The third-order valence-electron chi connectivity index (χ3n) is 3.95. The second-order valence-corrected chi connectivity index (χ2v) is 6.06. The molecular weight excluding hydrogens is 264 g/mol. The summed E-state index contributed by atoms with van der Waals surface area (Å²) in [4.78, 5) is 6.07. The topological polar surface area (TPSA) is 24.9 Å². The summed E-state index contributed by atoms with van der Waals surface area (Å²) in [6.07, 6.45) is 2.10. The molecule has 0 spiro atoms. The van der Waals surface area contributed by atoms with Crippen LogP contribution in [-0.2, 0) is 12.8 Å². The molecule has 0 fully saturated rings. The van der Waals surface area contributed by atoms with Crippen molar-refractivity contribution in [3.63, 3.8) is 0 Å². The lowest BCUT2D eigenvalue weighted by atomic mass is 9.94. The van der Waals surface area contributed by atoms with Crippen molar-refractivity contribution in [1.29, 1.82) is 0 Å². The molecule has 2 nitrogen and oxygen atoms in total. The first-order valence-corrected chi connectivity index (χ1v) is 7.96. The van der Waals surface area contributed by atoms with Crippen molar-refractivity contribution < 1.29 is 0 Å². The standard InChI is InChI=1S/C17H16N2S/c1-2-4-12(5-3-1)16-13-6-9-18-10-7-15(13)19-17-14(16)8-11-20-17/h1-5,8,11,18H,6-7,9-10H2. The van der Waals surface area contributed by atoms with E-state index in [2.05, 4.69) is 47.1 Å². The van der Waals surface area contributed by atoms with E-state index in [1.165, 1.54) is 32.6 Å². The molecule has 20 heavy (non-hydrogen) atoms. The van der Waals surface area contributed by atoms with E-state index in [-0.39, 0.29) is 0 Å². The van der Waals surface area contributed by atoms with Gasteiger partial charge in [-0.15, -0.1) is 11.3 Å². The Morgan fingerprint density at radius 3 is 2.75 bits per heavy atom. The molecule has 4 rings (SSSR count). The van der Waals surface area contributed by atoms with E-state index in [9.17, 15) is 0 Å². The van der Waals surface area contributed by atoms with Gasteiger partial charge in [0, 0.05) is 24.0 Å². The van der Waals surface area contributed by atoms with Gasteiger partial charge >= 0.3 is 0 Å². The van der Waals surface area contributed by atoms with Gasteiger partial charge < -0.3 is 5.32 Å². The molecular formula is C17H16N2S. The highest BCUT2D eigenvalue weighted by Gasteiger charge is 2.18. The maximum atomic E-state index is 4.90. The van der Waals surface area contributed by atoms with E-state index in [1.54, 1.807) is 11.3 Å². The fourth-order valence-corrected chi connectivity index (χ4v) is 3.82. The highest BCUT2D eigenvalue weighted by atomic mass is 32.1. The van der Waals surface area contributed by atoms with Crippen molar-refractivity contribution in [2.24, 2.45) is 0 Å². The van der Waals surface area contributed by atoms with Crippen LogP contribution in [0.5, 0.6) is 0 Å². The fraction of sp³-hybridized carbons (Fsp3) is 0.235. The second-order valence-electron chi connectivity index (χ2n) is 5.17. The fourth-order valence-electron chi connectivity index (χ4n) is 3.03. The molecule has 1 N–H and O–H groups in total. The zero-order valence-electron chi connectivity index (χ0n) is 11.2. The van der Waals surface area contributed by atoms with E-state index in [0.717, 1.165) is 25.9 Å². The number of aromatic nitrogens is 1. The zero-order valence-corrected chi connectivity index (χ0v) is 12.0. The van der Waals surface area contributed by atoms with Gasteiger partial charge in [-0.3, -0.25) is 0 Å². The Balaban J connectivity index is 2.06. The molecule has 0 saturated carbocycles. The first kappa shape index (κ1) is 12.1. The van der Waals surface area contributed by atoms with Crippen LogP contribution in [0.15, 0.2) is 41.8 Å². The smallest absolute Gasteiger partial charge is 0.124 e. The lowest BCUT2D eigenvalue weighted by Gasteiger charge is -2.13. The van der Waals surface area contributed by atoms with Gasteiger partial charge in [-0.2, -0.15) is 0 Å². The normalized spacial score (nSPS) is 15.0. The Hall–Kier alpha value is -1.71. The number of fused-ring (bicyclic) bond motifs is 2. The molecule has 0 saturated heterocycles. The molecule has 0 bridgehead atoms. The average molecular weight is 280 g/mol. The summed E-state index contributed by atoms with van der Waals surface area (Å²) in [5, 5.41) is 6.94. The molecule has 100 valence electrons. The number of hydrogen-bond donors (Lipinski definition) is 1. The van der Waals surface area contributed by atoms with E-state index < -0.39 is 0 Å². The van der Waals surface area contributed by atoms with Crippen LogP contribution in [0.2, 0.25) is 0 Å². The summed E-state index contributed by atoms with van der Waals surface area (Å²) in [5.74, 6) is 0. The van der Waals surface area contributed by atoms with E-state index >= 15 is 0 Å². The van der Waals surface area contributed by atoms with Gasteiger partial charge in [0.2, 0.25) is 0 Å². The average Bonchev–Trinajstić information content (AvgIpc) is 2.82. The number of nitrogens with zero attached hydrogens (tertiary/aromatic N) is 1. The summed E-state index contributed by atoms with van der Waals surface area (Å²) < 4.78 is 0. The van der Waals surface area contributed by atoms with Gasteiger partial charge in [0.25, 0.3) is 0 Å². The van der Waals surface area contributed by atoms with Crippen molar-refractivity contribution in [2.45, 2.75) is 12.8 Å². The Kier molecular flexibility index (Phi) is 3.02. The van der Waals surface area contributed by atoms with Crippen molar-refractivity contribution in [1.82, 2.24) is 10.3 Å². The number of hydrogen-bond acceptors (Lipinski definition) is 3. The van der Waals surface area contributed by atoms with Crippen LogP contribution in [0.3, 0.4) is 0 Å². The van der Waals surface area contributed by atoms with Crippen LogP contribution in [-0.4, -0.2) is 18.1 Å². The first-order chi connectivity index (χ1) is 9.93. The third kappa shape index (κ3) is 1.94. The van der Waals surface area contributed by atoms with Crippen LogP contribution in [0, 0.1) is 0 Å². The van der Waals surface area contributed by atoms with Crippen molar-refractivity contribution in [3.8, 4) is 11.1 Å². The van der Waals surface area contributed by atoms with Gasteiger partial charge in [-0.25, -0.2) is 4.98 Å². The molecule has 1 aliphatic heterocycles. The summed E-state index contributed by atoms with van der Waals surface area (Å²) in [6, 6.07) is 13.0. The first-order valence-electron chi connectivity index (χ1n) is 7.08. The molecule has 3 aromatic rings. The van der Waals surface area contributed by atoms with Crippen LogP contribution >= 0.6 is 11.3 Å². The minimum atomic E-state index is 1.03. The Bertz CT molecular complexity index is 746. The molecule has 3 heterocycles. The Morgan fingerprint density at radius 1 is 1.00 bits per heavy atom. The van der Waals surface area contributed by atoms with Gasteiger partial charge in [-0.05, 0) is 41.1 Å². The monoisotopic (exact) mass is 280 g/mol. The molecule has 0 radical (unpaired) electrons. The van der Waals surface area contributed by atoms with E-state index in [0.29, 0.717) is 0 Å². The lowest BCUT2D eigenvalue weighted by Crippen LogP contribution is -2.16. The number of thiophene rings is 1. The largest absolute Gasteiger partial charge is 0.316 e. The maximum Gasteiger partial charge on any atom is 0.124 e. The minimum absolute atomic E-state index is 1.03.